The highest BCUT2D eigenvalue weighted by molar-refractivity contribution is 5.78. The van der Waals surface area contributed by atoms with E-state index in [0.717, 1.165) is 49.0 Å². The lowest BCUT2D eigenvalue weighted by Crippen LogP contribution is -2.40. The third kappa shape index (κ3) is 3.55. The molecule has 22 heavy (non-hydrogen) atoms. The molecule has 120 valence electrons. The molecule has 0 spiro atoms. The monoisotopic (exact) mass is 304 g/mol. The Morgan fingerprint density at radius 2 is 1.91 bits per heavy atom. The quantitative estimate of drug-likeness (QED) is 0.666. The van der Waals surface area contributed by atoms with Crippen LogP contribution in [-0.2, 0) is 24.1 Å². The molecule has 1 amide bonds. The number of nitrogens with one attached hydrogen (secondary N) is 3. The highest BCUT2D eigenvalue weighted by atomic mass is 16.1. The number of fused-ring (bicyclic) bond motifs is 1. The fourth-order valence-electron chi connectivity index (χ4n) is 3.18. The van der Waals surface area contributed by atoms with Crippen molar-refractivity contribution in [3.8, 4) is 0 Å². The predicted octanol–water partition coefficient (Wildman–Crippen LogP) is 0.450. The summed E-state index contributed by atoms with van der Waals surface area (Å²) in [5.41, 5.74) is 2.47. The lowest BCUT2D eigenvalue weighted by Gasteiger charge is -2.26. The summed E-state index contributed by atoms with van der Waals surface area (Å²) in [6, 6.07) is 0.643. The second-order valence-corrected chi connectivity index (χ2v) is 6.27. The van der Waals surface area contributed by atoms with Gasteiger partial charge in [-0.25, -0.2) is 5.10 Å². The van der Waals surface area contributed by atoms with E-state index in [1.165, 1.54) is 19.3 Å². The van der Waals surface area contributed by atoms with Gasteiger partial charge in [-0.15, -0.1) is 0 Å². The minimum Gasteiger partial charge on any atom is -0.354 e. The number of nitrogens with zero attached hydrogens (tertiary/aromatic N) is 1. The van der Waals surface area contributed by atoms with Crippen LogP contribution in [0.1, 0.15) is 48.9 Å². The summed E-state index contributed by atoms with van der Waals surface area (Å²) in [6.45, 7) is 1.45. The van der Waals surface area contributed by atoms with Crippen LogP contribution in [0.3, 0.4) is 0 Å². The maximum Gasteiger partial charge on any atom is 0.267 e. The Balaban J connectivity index is 1.51. The van der Waals surface area contributed by atoms with Gasteiger partial charge >= 0.3 is 0 Å². The van der Waals surface area contributed by atoms with Crippen molar-refractivity contribution in [1.29, 1.82) is 0 Å². The van der Waals surface area contributed by atoms with Gasteiger partial charge in [0, 0.05) is 24.7 Å². The smallest absolute Gasteiger partial charge is 0.267 e. The summed E-state index contributed by atoms with van der Waals surface area (Å²) in [5.74, 6) is -0.0252. The maximum atomic E-state index is 12.0. The van der Waals surface area contributed by atoms with Gasteiger partial charge in [-0.3, -0.25) is 9.59 Å². The molecule has 0 aromatic carbocycles. The fourth-order valence-corrected chi connectivity index (χ4v) is 3.18. The second kappa shape index (κ2) is 7.05. The van der Waals surface area contributed by atoms with Gasteiger partial charge in [0.25, 0.3) is 5.56 Å². The molecule has 2 aliphatic rings. The van der Waals surface area contributed by atoms with Gasteiger partial charge in [0.2, 0.25) is 5.91 Å². The number of amides is 1. The fraction of sp³-hybridized carbons (Fsp3) is 0.688. The van der Waals surface area contributed by atoms with Crippen LogP contribution in [0.15, 0.2) is 4.79 Å². The molecule has 6 nitrogen and oxygen atoms in total. The molecule has 0 unspecified atom stereocenters. The number of carbonyl (C=O) groups excluding carboxylic acids is 1. The number of aromatic nitrogens is 2. The molecule has 0 radical (unpaired) electrons. The van der Waals surface area contributed by atoms with E-state index in [4.69, 9.17) is 0 Å². The van der Waals surface area contributed by atoms with Crippen LogP contribution in [-0.4, -0.2) is 35.2 Å². The standard InChI is InChI=1S/C16H24N4O2/c21-15(18-9-8-17-11-4-3-5-11)10-14-12-6-1-2-7-13(12)16(22)20-19-14/h11,17H,1-10H2,(H,18,21)(H,20,22). The van der Waals surface area contributed by atoms with Crippen LogP contribution in [0.25, 0.3) is 0 Å². The Hall–Kier alpha value is -1.69. The number of aromatic amines is 1. The van der Waals surface area contributed by atoms with Crippen molar-refractivity contribution in [2.75, 3.05) is 13.1 Å². The first-order valence-electron chi connectivity index (χ1n) is 8.33. The van der Waals surface area contributed by atoms with E-state index in [1.54, 1.807) is 0 Å². The SMILES string of the molecule is O=C(Cc1n[nH]c(=O)c2c1CCCC2)NCCNC1CCC1. The number of carbonyl (C=O) groups is 1. The second-order valence-electron chi connectivity index (χ2n) is 6.27. The average Bonchev–Trinajstić information content (AvgIpc) is 2.48. The molecule has 1 fully saturated rings. The summed E-state index contributed by atoms with van der Waals surface area (Å²) >= 11 is 0. The van der Waals surface area contributed by atoms with E-state index in [1.807, 2.05) is 0 Å². The molecule has 1 heterocycles. The normalized spacial score (nSPS) is 17.6. The Kier molecular flexibility index (Phi) is 4.87. The molecule has 0 aliphatic heterocycles. The van der Waals surface area contributed by atoms with Crippen molar-refractivity contribution in [2.45, 2.75) is 57.4 Å². The number of hydrogen-bond acceptors (Lipinski definition) is 4. The van der Waals surface area contributed by atoms with E-state index >= 15 is 0 Å². The molecule has 3 N–H and O–H groups in total. The predicted molar refractivity (Wildman–Crippen MR) is 83.9 cm³/mol. The first-order chi connectivity index (χ1) is 10.7. The van der Waals surface area contributed by atoms with Gasteiger partial charge in [0.1, 0.15) is 0 Å². The minimum atomic E-state index is -0.0939. The van der Waals surface area contributed by atoms with Crippen molar-refractivity contribution in [3.05, 3.63) is 27.2 Å². The van der Waals surface area contributed by atoms with Crippen molar-refractivity contribution in [2.24, 2.45) is 0 Å². The number of rotatable bonds is 6. The molecular weight excluding hydrogens is 280 g/mol. The zero-order valence-electron chi connectivity index (χ0n) is 12.9. The van der Waals surface area contributed by atoms with E-state index in [2.05, 4.69) is 20.8 Å². The molecule has 1 aromatic rings. The summed E-state index contributed by atoms with van der Waals surface area (Å²) in [7, 11) is 0. The Morgan fingerprint density at radius 3 is 2.64 bits per heavy atom. The minimum absolute atomic E-state index is 0.0252. The van der Waals surface area contributed by atoms with E-state index in [-0.39, 0.29) is 17.9 Å². The Bertz CT molecular complexity index is 592. The van der Waals surface area contributed by atoms with Crippen LogP contribution in [0.2, 0.25) is 0 Å². The summed E-state index contributed by atoms with van der Waals surface area (Å²) in [6.07, 6.45) is 7.83. The van der Waals surface area contributed by atoms with Crippen LogP contribution >= 0.6 is 0 Å². The largest absolute Gasteiger partial charge is 0.354 e. The molecular formula is C16H24N4O2. The first kappa shape index (κ1) is 15.2. The first-order valence-corrected chi connectivity index (χ1v) is 8.33. The van der Waals surface area contributed by atoms with Gasteiger partial charge < -0.3 is 10.6 Å². The molecule has 6 heteroatoms. The van der Waals surface area contributed by atoms with Gasteiger partial charge in [-0.1, -0.05) is 6.42 Å². The van der Waals surface area contributed by atoms with Crippen LogP contribution in [0, 0.1) is 0 Å². The van der Waals surface area contributed by atoms with Gasteiger partial charge in [0.15, 0.2) is 0 Å². The topological polar surface area (TPSA) is 86.9 Å². The van der Waals surface area contributed by atoms with Gasteiger partial charge in [-0.05, 0) is 44.1 Å². The van der Waals surface area contributed by atoms with Crippen molar-refractivity contribution >= 4 is 5.91 Å². The lowest BCUT2D eigenvalue weighted by molar-refractivity contribution is -0.120. The van der Waals surface area contributed by atoms with Crippen LogP contribution in [0.4, 0.5) is 0 Å². The van der Waals surface area contributed by atoms with E-state index in [0.29, 0.717) is 12.6 Å². The van der Waals surface area contributed by atoms with E-state index < -0.39 is 0 Å². The lowest BCUT2D eigenvalue weighted by atomic mass is 9.91. The van der Waals surface area contributed by atoms with Crippen molar-refractivity contribution in [1.82, 2.24) is 20.8 Å². The zero-order valence-corrected chi connectivity index (χ0v) is 12.9. The highest BCUT2D eigenvalue weighted by Crippen LogP contribution is 2.20. The van der Waals surface area contributed by atoms with Crippen molar-refractivity contribution in [3.63, 3.8) is 0 Å². The molecule has 3 rings (SSSR count). The third-order valence-corrected chi connectivity index (χ3v) is 4.70. The van der Waals surface area contributed by atoms with Crippen LogP contribution in [0.5, 0.6) is 0 Å². The molecule has 0 saturated heterocycles. The van der Waals surface area contributed by atoms with Gasteiger partial charge in [0.05, 0.1) is 12.1 Å². The zero-order chi connectivity index (χ0) is 15.4. The Morgan fingerprint density at radius 1 is 1.14 bits per heavy atom. The number of H-pyrrole nitrogens is 1. The third-order valence-electron chi connectivity index (χ3n) is 4.70. The molecule has 1 aromatic heterocycles. The molecule has 0 bridgehead atoms. The maximum absolute atomic E-state index is 12.0. The van der Waals surface area contributed by atoms with Gasteiger partial charge in [-0.2, -0.15) is 5.10 Å². The van der Waals surface area contributed by atoms with E-state index in [9.17, 15) is 9.59 Å². The Labute approximate surface area is 130 Å². The number of hydrogen-bond donors (Lipinski definition) is 3. The molecule has 2 aliphatic carbocycles. The van der Waals surface area contributed by atoms with Crippen molar-refractivity contribution < 1.29 is 4.79 Å². The molecule has 0 atom stereocenters. The summed E-state index contributed by atoms with van der Waals surface area (Å²) in [5, 5.41) is 13.0. The average molecular weight is 304 g/mol. The summed E-state index contributed by atoms with van der Waals surface area (Å²) in [4.78, 5) is 23.8. The summed E-state index contributed by atoms with van der Waals surface area (Å²) < 4.78 is 0. The highest BCUT2D eigenvalue weighted by Gasteiger charge is 2.19. The van der Waals surface area contributed by atoms with Crippen LogP contribution < -0.4 is 16.2 Å². The molecule has 1 saturated carbocycles.